The van der Waals surface area contributed by atoms with Gasteiger partial charge in [0.15, 0.2) is 5.78 Å². The Balaban J connectivity index is 2.09. The average Bonchev–Trinajstić information content (AvgIpc) is 2.82. The van der Waals surface area contributed by atoms with Gasteiger partial charge in [0.25, 0.3) is 0 Å². The molecule has 0 aliphatic carbocycles. The molecule has 1 aliphatic heterocycles. The lowest BCUT2D eigenvalue weighted by molar-refractivity contribution is -0.123. The van der Waals surface area contributed by atoms with E-state index in [9.17, 15) is 4.79 Å². The molecule has 4 nitrogen and oxygen atoms in total. The van der Waals surface area contributed by atoms with Crippen molar-refractivity contribution < 1.29 is 18.7 Å². The highest BCUT2D eigenvalue weighted by Crippen LogP contribution is 2.19. The summed E-state index contributed by atoms with van der Waals surface area (Å²) in [7, 11) is 0. The van der Waals surface area contributed by atoms with E-state index < -0.39 is 0 Å². The molecule has 4 heteroatoms. The maximum atomic E-state index is 11.8. The largest absolute Gasteiger partial charge is 0.459 e. The van der Waals surface area contributed by atoms with Gasteiger partial charge in [-0.25, -0.2) is 0 Å². The Morgan fingerprint density at radius 3 is 2.52 bits per heavy atom. The number of carbonyl (C=O) groups excluding carboxylic acids is 1. The van der Waals surface area contributed by atoms with Crippen molar-refractivity contribution in [1.29, 1.82) is 0 Å². The molecule has 0 saturated heterocycles. The lowest BCUT2D eigenvalue weighted by Gasteiger charge is -2.04. The molecule has 0 aromatic carbocycles. The number of aryl methyl sites for hydroxylation is 1. The van der Waals surface area contributed by atoms with Crippen LogP contribution in [0.25, 0.3) is 6.08 Å². The zero-order valence-corrected chi connectivity index (χ0v) is 14.3. The first-order valence-electron chi connectivity index (χ1n) is 8.14. The van der Waals surface area contributed by atoms with Crippen LogP contribution in [0.1, 0.15) is 50.2 Å². The number of hydrogen-bond donors (Lipinski definition) is 0. The zero-order chi connectivity index (χ0) is 16.7. The zero-order valence-electron chi connectivity index (χ0n) is 14.3. The standard InChI is InChI=1S/C19H26O4/c1-14-6-4-5-7-17(20)12-21-11-15(2)8-18-9-16(3)19(23-18)13-22-10-14/h6,8-9H,4-5,7,10-13H2,1-3H3/b14-6-,15-8-. The lowest BCUT2D eigenvalue weighted by atomic mass is 10.1. The molecule has 1 aromatic heterocycles. The highest BCUT2D eigenvalue weighted by atomic mass is 16.5. The SMILES string of the molecule is C/C1=C/c2cc(C)c(o2)COC/C(C)=C\CCCC(=O)COC1. The van der Waals surface area contributed by atoms with E-state index in [1.165, 1.54) is 5.57 Å². The number of furan rings is 1. The number of carbonyl (C=O) groups is 1. The molecule has 0 atom stereocenters. The van der Waals surface area contributed by atoms with E-state index in [1.807, 2.05) is 32.9 Å². The highest BCUT2D eigenvalue weighted by molar-refractivity contribution is 5.79. The molecule has 126 valence electrons. The second-order valence-electron chi connectivity index (χ2n) is 6.21. The minimum atomic E-state index is 0.153. The third-order valence-corrected chi connectivity index (χ3v) is 3.74. The van der Waals surface area contributed by atoms with Gasteiger partial charge in [-0.3, -0.25) is 4.79 Å². The number of ketones is 1. The number of fused-ring (bicyclic) bond motifs is 2. The van der Waals surface area contributed by atoms with Crippen LogP contribution in [0.2, 0.25) is 0 Å². The molecule has 1 aromatic rings. The molecule has 0 spiro atoms. The molecule has 2 heterocycles. The summed E-state index contributed by atoms with van der Waals surface area (Å²) < 4.78 is 17.0. The van der Waals surface area contributed by atoms with E-state index in [-0.39, 0.29) is 12.4 Å². The molecule has 1 aliphatic rings. The second kappa shape index (κ2) is 8.85. The summed E-state index contributed by atoms with van der Waals surface area (Å²) in [5.74, 6) is 1.81. The summed E-state index contributed by atoms with van der Waals surface area (Å²) in [6.07, 6.45) is 6.40. The number of hydrogen-bond acceptors (Lipinski definition) is 4. The second-order valence-corrected chi connectivity index (χ2v) is 6.21. The van der Waals surface area contributed by atoms with Crippen LogP contribution in [-0.2, 0) is 20.9 Å². The van der Waals surface area contributed by atoms with Crippen LogP contribution in [-0.4, -0.2) is 25.6 Å². The molecule has 2 rings (SSSR count). The van der Waals surface area contributed by atoms with Gasteiger partial charge in [0.05, 0.1) is 13.2 Å². The van der Waals surface area contributed by atoms with Gasteiger partial charge in [0.2, 0.25) is 0 Å². The minimum Gasteiger partial charge on any atom is -0.459 e. The lowest BCUT2D eigenvalue weighted by Crippen LogP contribution is -2.09. The van der Waals surface area contributed by atoms with Crippen molar-refractivity contribution in [2.75, 3.05) is 19.8 Å². The maximum Gasteiger partial charge on any atom is 0.158 e. The van der Waals surface area contributed by atoms with E-state index in [1.54, 1.807) is 0 Å². The van der Waals surface area contributed by atoms with Crippen LogP contribution in [0, 0.1) is 6.92 Å². The first kappa shape index (κ1) is 17.7. The summed E-state index contributed by atoms with van der Waals surface area (Å²) >= 11 is 0. The molecular weight excluding hydrogens is 292 g/mol. The van der Waals surface area contributed by atoms with Gasteiger partial charge in [-0.05, 0) is 56.9 Å². The number of Topliss-reactive ketones (excluding diaryl/α,β-unsaturated/α-hetero) is 1. The number of allylic oxidation sites excluding steroid dienone is 1. The Kier molecular flexibility index (Phi) is 6.81. The molecule has 23 heavy (non-hydrogen) atoms. The van der Waals surface area contributed by atoms with Gasteiger partial charge in [-0.1, -0.05) is 11.6 Å². The fraction of sp³-hybridized carbons (Fsp3) is 0.526. The van der Waals surface area contributed by atoms with Crippen LogP contribution in [0.15, 0.2) is 27.7 Å². The Hall–Kier alpha value is -1.65. The van der Waals surface area contributed by atoms with Gasteiger partial charge in [-0.15, -0.1) is 0 Å². The van der Waals surface area contributed by atoms with Gasteiger partial charge in [-0.2, -0.15) is 0 Å². The van der Waals surface area contributed by atoms with Crippen molar-refractivity contribution in [2.45, 2.75) is 46.6 Å². The summed E-state index contributed by atoms with van der Waals surface area (Å²) in [5.41, 5.74) is 3.29. The predicted molar refractivity (Wildman–Crippen MR) is 90.2 cm³/mol. The summed E-state index contributed by atoms with van der Waals surface area (Å²) in [4.78, 5) is 11.8. The van der Waals surface area contributed by atoms with Crippen LogP contribution < -0.4 is 0 Å². The van der Waals surface area contributed by atoms with Crippen molar-refractivity contribution in [1.82, 2.24) is 0 Å². The molecule has 0 N–H and O–H groups in total. The first-order valence-corrected chi connectivity index (χ1v) is 8.14. The van der Waals surface area contributed by atoms with Gasteiger partial charge < -0.3 is 13.9 Å². The van der Waals surface area contributed by atoms with E-state index in [4.69, 9.17) is 13.9 Å². The summed E-state index contributed by atoms with van der Waals surface area (Å²) in [6.45, 7) is 7.71. The molecule has 0 fully saturated rings. The smallest absolute Gasteiger partial charge is 0.158 e. The highest BCUT2D eigenvalue weighted by Gasteiger charge is 2.08. The van der Waals surface area contributed by atoms with Crippen molar-refractivity contribution >= 4 is 11.9 Å². The Labute approximate surface area is 138 Å². The molecule has 0 unspecified atom stereocenters. The van der Waals surface area contributed by atoms with Crippen molar-refractivity contribution in [3.63, 3.8) is 0 Å². The molecular formula is C19H26O4. The number of rotatable bonds is 0. The van der Waals surface area contributed by atoms with Gasteiger partial charge >= 0.3 is 0 Å². The third kappa shape index (κ3) is 6.16. The fourth-order valence-corrected chi connectivity index (χ4v) is 2.45. The van der Waals surface area contributed by atoms with Crippen LogP contribution in [0.5, 0.6) is 0 Å². The van der Waals surface area contributed by atoms with Crippen molar-refractivity contribution in [3.8, 4) is 0 Å². The molecule has 0 saturated carbocycles. The monoisotopic (exact) mass is 318 g/mol. The van der Waals surface area contributed by atoms with Gasteiger partial charge in [0.1, 0.15) is 24.7 Å². The Morgan fingerprint density at radius 1 is 0.957 bits per heavy atom. The normalized spacial score (nSPS) is 23.5. The predicted octanol–water partition coefficient (Wildman–Crippen LogP) is 4.22. The summed E-state index contributed by atoms with van der Waals surface area (Å²) in [6, 6.07) is 2.00. The maximum absolute atomic E-state index is 11.8. The first-order chi connectivity index (χ1) is 11.0. The molecule has 0 radical (unpaired) electrons. The topological polar surface area (TPSA) is 48.7 Å². The third-order valence-electron chi connectivity index (χ3n) is 3.74. The van der Waals surface area contributed by atoms with E-state index >= 15 is 0 Å². The molecule has 0 amide bonds. The summed E-state index contributed by atoms with van der Waals surface area (Å²) in [5, 5.41) is 0. The van der Waals surface area contributed by atoms with E-state index in [0.29, 0.717) is 26.2 Å². The van der Waals surface area contributed by atoms with Crippen LogP contribution in [0.3, 0.4) is 0 Å². The van der Waals surface area contributed by atoms with E-state index in [0.717, 1.165) is 35.5 Å². The Bertz CT molecular complexity index is 593. The number of ether oxygens (including phenoxy) is 2. The Morgan fingerprint density at radius 2 is 1.70 bits per heavy atom. The van der Waals surface area contributed by atoms with Crippen LogP contribution >= 0.6 is 0 Å². The average molecular weight is 318 g/mol. The van der Waals surface area contributed by atoms with Crippen LogP contribution in [0.4, 0.5) is 0 Å². The van der Waals surface area contributed by atoms with Crippen molar-refractivity contribution in [3.05, 3.63) is 40.4 Å². The van der Waals surface area contributed by atoms with E-state index in [2.05, 4.69) is 6.08 Å². The molecule has 2 bridgehead atoms. The van der Waals surface area contributed by atoms with Crippen molar-refractivity contribution in [2.24, 2.45) is 0 Å². The fourth-order valence-electron chi connectivity index (χ4n) is 2.45. The van der Waals surface area contributed by atoms with Gasteiger partial charge in [0, 0.05) is 6.42 Å². The quantitative estimate of drug-likeness (QED) is 0.672. The minimum absolute atomic E-state index is 0.153.